The van der Waals surface area contributed by atoms with Crippen LogP contribution in [0.1, 0.15) is 21.7 Å². The van der Waals surface area contributed by atoms with Gasteiger partial charge in [0.15, 0.2) is 5.76 Å². The Morgan fingerprint density at radius 1 is 0.929 bits per heavy atom. The van der Waals surface area contributed by atoms with E-state index in [2.05, 4.69) is 0 Å². The Morgan fingerprint density at radius 3 is 2.25 bits per heavy atom. The van der Waals surface area contributed by atoms with Crippen molar-refractivity contribution < 1.29 is 14.3 Å². The number of carbonyl (C=O) groups excluding carboxylic acids is 1. The molecule has 0 radical (unpaired) electrons. The molecule has 140 valence electrons. The van der Waals surface area contributed by atoms with Gasteiger partial charge in [-0.05, 0) is 54.4 Å². The van der Waals surface area contributed by atoms with Crippen molar-refractivity contribution in [3.05, 3.63) is 83.6 Å². The summed E-state index contributed by atoms with van der Waals surface area (Å²) in [6.45, 7) is 1.80. The summed E-state index contributed by atoms with van der Waals surface area (Å²) in [6.07, 6.45) is 0. The molecule has 0 aliphatic rings. The molecular formula is C24H21NO3. The lowest BCUT2D eigenvalue weighted by atomic mass is 10.0. The highest BCUT2D eigenvalue weighted by molar-refractivity contribution is 6.11. The van der Waals surface area contributed by atoms with Gasteiger partial charge >= 0.3 is 0 Å². The second-order valence-corrected chi connectivity index (χ2v) is 7.06. The van der Waals surface area contributed by atoms with Crippen LogP contribution in [0.25, 0.3) is 22.1 Å². The summed E-state index contributed by atoms with van der Waals surface area (Å²) in [5.74, 6) is 0.174. The van der Waals surface area contributed by atoms with Gasteiger partial charge in [-0.15, -0.1) is 0 Å². The van der Waals surface area contributed by atoms with Crippen molar-refractivity contribution in [2.75, 3.05) is 19.0 Å². The van der Waals surface area contributed by atoms with Gasteiger partial charge in [-0.1, -0.05) is 30.3 Å². The largest absolute Gasteiger partial charge is 0.507 e. The van der Waals surface area contributed by atoms with E-state index in [1.54, 1.807) is 25.1 Å². The third-order valence-corrected chi connectivity index (χ3v) is 4.97. The van der Waals surface area contributed by atoms with E-state index in [0.717, 1.165) is 16.8 Å². The minimum absolute atomic E-state index is 0.111. The van der Waals surface area contributed by atoms with Gasteiger partial charge < -0.3 is 14.4 Å². The van der Waals surface area contributed by atoms with Crippen LogP contribution in [0.15, 0.2) is 71.1 Å². The molecule has 1 N–H and O–H groups in total. The molecule has 4 rings (SSSR count). The molecule has 1 heterocycles. The lowest BCUT2D eigenvalue weighted by Crippen LogP contribution is -2.09. The van der Waals surface area contributed by atoms with E-state index in [0.29, 0.717) is 22.1 Å². The Kier molecular flexibility index (Phi) is 4.40. The maximum atomic E-state index is 13.0. The summed E-state index contributed by atoms with van der Waals surface area (Å²) in [4.78, 5) is 15.0. The number of aromatic hydroxyl groups is 1. The number of nitrogens with zero attached hydrogens (tertiary/aromatic N) is 1. The fourth-order valence-electron chi connectivity index (χ4n) is 3.41. The summed E-state index contributed by atoms with van der Waals surface area (Å²) in [5.41, 5.74) is 4.53. The van der Waals surface area contributed by atoms with E-state index < -0.39 is 0 Å². The van der Waals surface area contributed by atoms with E-state index in [4.69, 9.17) is 4.42 Å². The van der Waals surface area contributed by atoms with Gasteiger partial charge in [-0.2, -0.15) is 0 Å². The molecule has 0 amide bonds. The van der Waals surface area contributed by atoms with E-state index >= 15 is 0 Å². The summed E-state index contributed by atoms with van der Waals surface area (Å²) in [7, 11) is 3.90. The number of carbonyl (C=O) groups is 1. The number of phenolic OH excluding ortho intramolecular Hbond substituents is 1. The molecule has 0 atom stereocenters. The minimum atomic E-state index is -0.195. The van der Waals surface area contributed by atoms with Crippen molar-refractivity contribution in [1.82, 2.24) is 0 Å². The molecule has 0 saturated carbocycles. The number of rotatable bonds is 4. The van der Waals surface area contributed by atoms with Crippen molar-refractivity contribution in [2.24, 2.45) is 0 Å². The zero-order valence-corrected chi connectivity index (χ0v) is 16.1. The zero-order chi connectivity index (χ0) is 19.8. The highest BCUT2D eigenvalue weighted by atomic mass is 16.3. The lowest BCUT2D eigenvalue weighted by Gasteiger charge is -2.12. The first kappa shape index (κ1) is 17.9. The van der Waals surface area contributed by atoms with Gasteiger partial charge in [0.1, 0.15) is 11.3 Å². The van der Waals surface area contributed by atoms with Crippen LogP contribution < -0.4 is 4.90 Å². The van der Waals surface area contributed by atoms with Crippen LogP contribution in [0.4, 0.5) is 5.69 Å². The molecular weight excluding hydrogens is 350 g/mol. The van der Waals surface area contributed by atoms with Crippen molar-refractivity contribution in [3.8, 4) is 16.9 Å². The fraction of sp³-hybridized carbons (Fsp3) is 0.125. The number of fused-ring (bicyclic) bond motifs is 1. The van der Waals surface area contributed by atoms with Gasteiger partial charge in [0.2, 0.25) is 5.78 Å². The van der Waals surface area contributed by atoms with E-state index in [1.807, 2.05) is 67.5 Å². The summed E-state index contributed by atoms with van der Waals surface area (Å²) in [6, 6.07) is 20.7. The van der Waals surface area contributed by atoms with Crippen LogP contribution in [0, 0.1) is 6.92 Å². The zero-order valence-electron chi connectivity index (χ0n) is 16.1. The van der Waals surface area contributed by atoms with Crippen LogP contribution in [0.5, 0.6) is 5.75 Å². The Morgan fingerprint density at radius 2 is 1.61 bits per heavy atom. The molecule has 4 aromatic rings. The maximum absolute atomic E-state index is 13.0. The first-order valence-electron chi connectivity index (χ1n) is 9.09. The minimum Gasteiger partial charge on any atom is -0.507 e. The van der Waals surface area contributed by atoms with Crippen molar-refractivity contribution in [1.29, 1.82) is 0 Å². The summed E-state index contributed by atoms with van der Waals surface area (Å²) >= 11 is 0. The van der Waals surface area contributed by atoms with Gasteiger partial charge in [-0.25, -0.2) is 0 Å². The molecule has 1 aromatic heterocycles. The normalized spacial score (nSPS) is 11.0. The molecule has 0 spiro atoms. The van der Waals surface area contributed by atoms with Gasteiger partial charge in [-0.3, -0.25) is 4.79 Å². The Labute approximate surface area is 163 Å². The van der Waals surface area contributed by atoms with Crippen LogP contribution >= 0.6 is 0 Å². The molecule has 0 bridgehead atoms. The first-order valence-corrected chi connectivity index (χ1v) is 9.09. The average molecular weight is 371 g/mol. The topological polar surface area (TPSA) is 53.7 Å². The predicted octanol–water partition coefficient (Wildman–Crippen LogP) is 5.41. The van der Waals surface area contributed by atoms with Crippen LogP contribution in [0.3, 0.4) is 0 Å². The molecule has 4 nitrogen and oxygen atoms in total. The number of hydrogen-bond donors (Lipinski definition) is 1. The smallest absolute Gasteiger partial charge is 0.228 e. The lowest BCUT2D eigenvalue weighted by molar-refractivity contribution is 0.101. The van der Waals surface area contributed by atoms with Gasteiger partial charge in [0.05, 0.1) is 5.39 Å². The number of hydrogen-bond acceptors (Lipinski definition) is 4. The van der Waals surface area contributed by atoms with Crippen molar-refractivity contribution in [2.45, 2.75) is 6.92 Å². The van der Waals surface area contributed by atoms with Crippen molar-refractivity contribution >= 4 is 22.4 Å². The maximum Gasteiger partial charge on any atom is 0.228 e. The Hall–Kier alpha value is -3.53. The molecule has 3 aromatic carbocycles. The van der Waals surface area contributed by atoms with Crippen LogP contribution in [0.2, 0.25) is 0 Å². The number of ketones is 1. The number of furan rings is 1. The third-order valence-electron chi connectivity index (χ3n) is 4.97. The average Bonchev–Trinajstić information content (AvgIpc) is 3.05. The molecule has 0 saturated heterocycles. The van der Waals surface area contributed by atoms with Crippen molar-refractivity contribution in [3.63, 3.8) is 0 Å². The SMILES string of the molecule is Cc1c(C(=O)c2ccc(N(C)C)cc2)oc2cc(-c3ccccc3)cc(O)c12. The first-order chi connectivity index (χ1) is 13.5. The Bertz CT molecular complexity index is 1160. The van der Waals surface area contributed by atoms with Crippen LogP contribution in [-0.4, -0.2) is 25.0 Å². The molecule has 0 aliphatic carbocycles. The number of phenols is 1. The summed E-state index contributed by atoms with van der Waals surface area (Å²) in [5, 5.41) is 11.2. The molecule has 28 heavy (non-hydrogen) atoms. The highest BCUT2D eigenvalue weighted by Crippen LogP contribution is 2.37. The second-order valence-electron chi connectivity index (χ2n) is 7.06. The van der Waals surface area contributed by atoms with Gasteiger partial charge in [0, 0.05) is 30.9 Å². The molecule has 0 unspecified atom stereocenters. The highest BCUT2D eigenvalue weighted by Gasteiger charge is 2.22. The number of anilines is 1. The fourth-order valence-corrected chi connectivity index (χ4v) is 3.41. The quantitative estimate of drug-likeness (QED) is 0.487. The molecule has 4 heteroatoms. The molecule has 0 aliphatic heterocycles. The Balaban J connectivity index is 1.79. The predicted molar refractivity (Wildman–Crippen MR) is 112 cm³/mol. The second kappa shape index (κ2) is 6.89. The van der Waals surface area contributed by atoms with E-state index in [-0.39, 0.29) is 17.3 Å². The standard InChI is InChI=1S/C24H21NO3/c1-15-22-20(26)13-18(16-7-5-4-6-8-16)14-21(22)28-24(15)23(27)17-9-11-19(12-10-17)25(2)3/h4-14,26H,1-3H3. The summed E-state index contributed by atoms with van der Waals surface area (Å²) < 4.78 is 5.92. The third kappa shape index (κ3) is 3.03. The van der Waals surface area contributed by atoms with E-state index in [9.17, 15) is 9.90 Å². The van der Waals surface area contributed by atoms with E-state index in [1.165, 1.54) is 0 Å². The van der Waals surface area contributed by atoms with Crippen LogP contribution in [-0.2, 0) is 0 Å². The van der Waals surface area contributed by atoms with Gasteiger partial charge in [0.25, 0.3) is 0 Å². The monoisotopic (exact) mass is 371 g/mol. The molecule has 0 fully saturated rings. The number of benzene rings is 3. The number of aryl methyl sites for hydroxylation is 1.